The number of nitro benzene ring substituents is 1. The number of benzene rings is 2. The average molecular weight is 363 g/mol. The van der Waals surface area contributed by atoms with E-state index in [0.717, 1.165) is 0 Å². The summed E-state index contributed by atoms with van der Waals surface area (Å²) in [4.78, 5) is 22.7. The van der Waals surface area contributed by atoms with Gasteiger partial charge in [0, 0.05) is 24.0 Å². The lowest BCUT2D eigenvalue weighted by Crippen LogP contribution is -2.13. The fourth-order valence-corrected chi connectivity index (χ4v) is 2.28. The Kier molecular flexibility index (Phi) is 5.09. The van der Waals surface area contributed by atoms with Crippen LogP contribution in [0.2, 0.25) is 0 Å². The van der Waals surface area contributed by atoms with E-state index in [0.29, 0.717) is 17.1 Å². The molecular formula is C18H13N5O4. The zero-order valence-electron chi connectivity index (χ0n) is 13.9. The molecule has 2 aromatic carbocycles. The number of nitrogens with zero attached hydrogens (tertiary/aromatic N) is 4. The number of aromatic nitrogens is 2. The maximum atomic E-state index is 12.3. The van der Waals surface area contributed by atoms with E-state index < -0.39 is 10.8 Å². The number of non-ortho nitro benzene ring substituents is 1. The van der Waals surface area contributed by atoms with E-state index in [1.165, 1.54) is 22.9 Å². The highest BCUT2D eigenvalue weighted by Gasteiger charge is 2.12. The van der Waals surface area contributed by atoms with E-state index in [2.05, 4.69) is 10.4 Å². The summed E-state index contributed by atoms with van der Waals surface area (Å²) >= 11 is 0. The molecular weight excluding hydrogens is 350 g/mol. The predicted molar refractivity (Wildman–Crippen MR) is 95.7 cm³/mol. The lowest BCUT2D eigenvalue weighted by atomic mass is 10.3. The van der Waals surface area contributed by atoms with Crippen molar-refractivity contribution in [3.63, 3.8) is 0 Å². The summed E-state index contributed by atoms with van der Waals surface area (Å²) in [6, 6.07) is 15.9. The van der Waals surface area contributed by atoms with Gasteiger partial charge >= 0.3 is 0 Å². The highest BCUT2D eigenvalue weighted by atomic mass is 16.6. The molecule has 0 aliphatic carbocycles. The zero-order chi connectivity index (χ0) is 19.2. The van der Waals surface area contributed by atoms with Gasteiger partial charge in [-0.3, -0.25) is 14.9 Å². The molecule has 0 atom stereocenters. The largest absolute Gasteiger partial charge is 0.479 e. The van der Waals surface area contributed by atoms with Gasteiger partial charge in [0.15, 0.2) is 12.3 Å². The van der Waals surface area contributed by atoms with Crippen molar-refractivity contribution in [2.75, 3.05) is 11.9 Å². The third-order valence-corrected chi connectivity index (χ3v) is 3.54. The number of ether oxygens (including phenoxy) is 1. The number of rotatable bonds is 6. The number of hydrogen-bond donors (Lipinski definition) is 1. The minimum atomic E-state index is -0.495. The lowest BCUT2D eigenvalue weighted by molar-refractivity contribution is -0.384. The maximum Gasteiger partial charge on any atom is 0.276 e. The van der Waals surface area contributed by atoms with Crippen LogP contribution in [-0.4, -0.2) is 27.2 Å². The quantitative estimate of drug-likeness (QED) is 0.530. The summed E-state index contributed by atoms with van der Waals surface area (Å²) in [6.07, 6.45) is 1.55. The highest BCUT2D eigenvalue weighted by molar-refractivity contribution is 6.02. The van der Waals surface area contributed by atoms with Crippen LogP contribution in [0.3, 0.4) is 0 Å². The van der Waals surface area contributed by atoms with E-state index in [1.54, 1.807) is 42.6 Å². The minimum absolute atomic E-state index is 0.0548. The Hall–Kier alpha value is -4.19. The van der Waals surface area contributed by atoms with Crippen LogP contribution in [0.4, 0.5) is 11.4 Å². The second-order valence-electron chi connectivity index (χ2n) is 5.35. The van der Waals surface area contributed by atoms with Crippen molar-refractivity contribution in [1.29, 1.82) is 5.26 Å². The number of carbonyl (C=O) groups is 1. The van der Waals surface area contributed by atoms with Gasteiger partial charge in [0.1, 0.15) is 11.8 Å². The number of hydrogen-bond acceptors (Lipinski definition) is 6. The van der Waals surface area contributed by atoms with Crippen LogP contribution in [0.15, 0.2) is 60.8 Å². The van der Waals surface area contributed by atoms with Crippen LogP contribution < -0.4 is 10.1 Å². The van der Waals surface area contributed by atoms with Gasteiger partial charge in [0.25, 0.3) is 11.6 Å². The summed E-state index contributed by atoms with van der Waals surface area (Å²) in [6.45, 7) is -0.0548. The van der Waals surface area contributed by atoms with E-state index in [-0.39, 0.29) is 18.0 Å². The van der Waals surface area contributed by atoms with Gasteiger partial charge in [0.2, 0.25) is 0 Å². The van der Waals surface area contributed by atoms with Gasteiger partial charge in [-0.15, -0.1) is 0 Å². The van der Waals surface area contributed by atoms with Gasteiger partial charge in [-0.1, -0.05) is 6.07 Å². The van der Waals surface area contributed by atoms with Crippen molar-refractivity contribution in [2.24, 2.45) is 0 Å². The van der Waals surface area contributed by atoms with Crippen LogP contribution >= 0.6 is 0 Å². The van der Waals surface area contributed by atoms with Crippen LogP contribution in [0.1, 0.15) is 10.5 Å². The highest BCUT2D eigenvalue weighted by Crippen LogP contribution is 2.18. The molecule has 3 rings (SSSR count). The smallest absolute Gasteiger partial charge is 0.276 e. The standard InChI is InChI=1S/C18H13N5O4/c19-9-11-27-16-6-4-13(5-7-16)20-18(24)17-8-10-22(21-17)14-2-1-3-15(12-14)23(25)26/h1-8,10,12H,11H2,(H,20,24). The Morgan fingerprint density at radius 2 is 2.04 bits per heavy atom. The van der Waals surface area contributed by atoms with Crippen LogP contribution in [-0.2, 0) is 0 Å². The van der Waals surface area contributed by atoms with Crippen LogP contribution in [0, 0.1) is 21.4 Å². The molecule has 0 bridgehead atoms. The first-order valence-electron chi connectivity index (χ1n) is 7.78. The molecule has 0 radical (unpaired) electrons. The number of carbonyl (C=O) groups excluding carboxylic acids is 1. The van der Waals surface area contributed by atoms with Gasteiger partial charge in [-0.05, 0) is 36.4 Å². The van der Waals surface area contributed by atoms with Gasteiger partial charge in [-0.25, -0.2) is 4.68 Å². The lowest BCUT2D eigenvalue weighted by Gasteiger charge is -2.05. The summed E-state index contributed by atoms with van der Waals surface area (Å²) < 4.78 is 6.53. The van der Waals surface area contributed by atoms with E-state index in [9.17, 15) is 14.9 Å². The Labute approximate surface area is 153 Å². The molecule has 0 saturated carbocycles. The Morgan fingerprint density at radius 1 is 1.26 bits per heavy atom. The molecule has 1 heterocycles. The first-order valence-corrected chi connectivity index (χ1v) is 7.78. The second-order valence-corrected chi connectivity index (χ2v) is 5.35. The molecule has 0 spiro atoms. The summed E-state index contributed by atoms with van der Waals surface area (Å²) in [5.74, 6) is 0.0920. The monoisotopic (exact) mass is 363 g/mol. The molecule has 0 unspecified atom stereocenters. The maximum absolute atomic E-state index is 12.3. The van der Waals surface area contributed by atoms with Gasteiger partial charge < -0.3 is 10.1 Å². The number of nitriles is 1. The predicted octanol–water partition coefficient (Wildman–Crippen LogP) is 2.94. The first kappa shape index (κ1) is 17.6. The van der Waals surface area contributed by atoms with Crippen molar-refractivity contribution >= 4 is 17.3 Å². The average Bonchev–Trinajstić information content (AvgIpc) is 3.18. The normalized spacial score (nSPS) is 10.0. The molecule has 3 aromatic rings. The van der Waals surface area contributed by atoms with Gasteiger partial charge in [0.05, 0.1) is 10.6 Å². The molecule has 27 heavy (non-hydrogen) atoms. The van der Waals surface area contributed by atoms with Gasteiger partial charge in [-0.2, -0.15) is 10.4 Å². The topological polar surface area (TPSA) is 123 Å². The third kappa shape index (κ3) is 4.26. The number of anilines is 1. The van der Waals surface area contributed by atoms with E-state index >= 15 is 0 Å². The first-order chi connectivity index (χ1) is 13.1. The third-order valence-electron chi connectivity index (χ3n) is 3.54. The number of nitrogens with one attached hydrogen (secondary N) is 1. The van der Waals surface area contributed by atoms with Crippen LogP contribution in [0.25, 0.3) is 5.69 Å². The summed E-state index contributed by atoms with van der Waals surface area (Å²) in [7, 11) is 0. The fraction of sp³-hybridized carbons (Fsp3) is 0.0556. The van der Waals surface area contributed by atoms with Crippen molar-refractivity contribution in [2.45, 2.75) is 0 Å². The fourth-order valence-electron chi connectivity index (χ4n) is 2.28. The molecule has 0 fully saturated rings. The number of amides is 1. The molecule has 9 heteroatoms. The number of nitro groups is 1. The zero-order valence-corrected chi connectivity index (χ0v) is 13.9. The van der Waals surface area contributed by atoms with Crippen LogP contribution in [0.5, 0.6) is 5.75 Å². The molecule has 0 aliphatic heterocycles. The molecule has 1 aromatic heterocycles. The molecule has 1 N–H and O–H groups in total. The molecule has 0 saturated heterocycles. The Morgan fingerprint density at radius 3 is 2.74 bits per heavy atom. The SMILES string of the molecule is N#CCOc1ccc(NC(=O)c2ccn(-c3cccc([N+](=O)[O-])c3)n2)cc1. The van der Waals surface area contributed by atoms with E-state index in [4.69, 9.17) is 10.00 Å². The van der Waals surface area contributed by atoms with Crippen molar-refractivity contribution in [1.82, 2.24) is 9.78 Å². The van der Waals surface area contributed by atoms with Crippen molar-refractivity contribution in [3.8, 4) is 17.5 Å². The van der Waals surface area contributed by atoms with Crippen molar-refractivity contribution in [3.05, 3.63) is 76.6 Å². The van der Waals surface area contributed by atoms with Crippen molar-refractivity contribution < 1.29 is 14.5 Å². The molecule has 134 valence electrons. The summed E-state index contributed by atoms with van der Waals surface area (Å²) in [5.41, 5.74) is 1.11. The second kappa shape index (κ2) is 7.79. The summed E-state index contributed by atoms with van der Waals surface area (Å²) in [5, 5.41) is 26.2. The Balaban J connectivity index is 1.71. The van der Waals surface area contributed by atoms with E-state index in [1.807, 2.05) is 6.07 Å². The minimum Gasteiger partial charge on any atom is -0.479 e. The molecule has 1 amide bonds. The molecule has 9 nitrogen and oxygen atoms in total. The Bertz CT molecular complexity index is 1020. The molecule has 0 aliphatic rings.